The maximum atomic E-state index is 13.0. The highest BCUT2D eigenvalue weighted by Gasteiger charge is 2.54. The molecular formula is C15H20N10O8S2. The number of hydrogen-bond acceptors (Lipinski definition) is 14. The average molecular weight is 533 g/mol. The molecular weight excluding hydrogens is 512 g/mol. The summed E-state index contributed by atoms with van der Waals surface area (Å²) in [5.74, 6) is -3.45. The monoisotopic (exact) mass is 532 g/mol. The van der Waals surface area contributed by atoms with Crippen LogP contribution in [-0.4, -0.2) is 88.8 Å². The second-order valence-electron chi connectivity index (χ2n) is 7.53. The summed E-state index contributed by atoms with van der Waals surface area (Å²) in [7, 11) is -4.99. The first-order valence-electron chi connectivity index (χ1n) is 9.54. The first kappa shape index (κ1) is 25.9. The molecule has 0 radical (unpaired) electrons. The maximum Gasteiger partial charge on any atom is 0.362 e. The van der Waals surface area contributed by atoms with E-state index in [1.807, 2.05) is 0 Å². The highest BCUT2D eigenvalue weighted by atomic mass is 32.2. The van der Waals surface area contributed by atoms with Gasteiger partial charge in [0.1, 0.15) is 11.7 Å². The van der Waals surface area contributed by atoms with E-state index in [2.05, 4.69) is 31.0 Å². The molecule has 0 saturated carbocycles. The van der Waals surface area contributed by atoms with Crippen molar-refractivity contribution < 1.29 is 37.3 Å². The molecule has 0 aromatic carbocycles. The lowest BCUT2D eigenvalue weighted by Crippen LogP contribution is -2.73. The van der Waals surface area contributed by atoms with E-state index in [1.165, 1.54) is 19.2 Å². The zero-order valence-electron chi connectivity index (χ0n) is 18.1. The summed E-state index contributed by atoms with van der Waals surface area (Å²) in [6, 6.07) is -2.82. The van der Waals surface area contributed by atoms with Crippen LogP contribution in [0.2, 0.25) is 0 Å². The molecule has 2 amide bonds. The Hall–Kier alpha value is -3.75. The number of tetrazole rings is 1. The van der Waals surface area contributed by atoms with Crippen molar-refractivity contribution >= 4 is 50.3 Å². The van der Waals surface area contributed by atoms with Gasteiger partial charge in [0.15, 0.2) is 16.7 Å². The Kier molecular flexibility index (Phi) is 7.01. The third kappa shape index (κ3) is 5.34. The van der Waals surface area contributed by atoms with E-state index in [0.29, 0.717) is 0 Å². The number of oxime groups is 1. The molecule has 1 aliphatic rings. The lowest BCUT2D eigenvalue weighted by atomic mass is 9.98. The van der Waals surface area contributed by atoms with Crippen molar-refractivity contribution in [2.24, 2.45) is 10.9 Å². The normalized spacial score (nSPS) is 18.8. The van der Waals surface area contributed by atoms with Crippen molar-refractivity contribution in [3.63, 3.8) is 0 Å². The fraction of sp³-hybridized carbons (Fsp3) is 0.467. The summed E-state index contributed by atoms with van der Waals surface area (Å²) >= 11 is 0.949. The fourth-order valence-electron chi connectivity index (χ4n) is 2.84. The van der Waals surface area contributed by atoms with Crippen LogP contribution >= 0.6 is 11.3 Å². The Bertz CT molecular complexity index is 1290. The Morgan fingerprint density at radius 2 is 2.09 bits per heavy atom. The summed E-state index contributed by atoms with van der Waals surface area (Å²) in [4.78, 5) is 45.7. The number of nitrogens with two attached hydrogens (primary N) is 2. The minimum absolute atomic E-state index is 0.0566. The number of nitrogen functional groups attached to an aromatic ring is 1. The minimum atomic E-state index is -4.99. The summed E-state index contributed by atoms with van der Waals surface area (Å²) in [5.41, 5.74) is 8.66. The highest BCUT2D eigenvalue weighted by Crippen LogP contribution is 2.25. The number of anilines is 1. The Labute approximate surface area is 200 Å². The van der Waals surface area contributed by atoms with Gasteiger partial charge in [0.2, 0.25) is 5.60 Å². The van der Waals surface area contributed by atoms with E-state index >= 15 is 0 Å². The summed E-state index contributed by atoms with van der Waals surface area (Å²) in [6.45, 7) is 1.89. The molecule has 2 aromatic rings. The zero-order chi connectivity index (χ0) is 26.1. The van der Waals surface area contributed by atoms with Gasteiger partial charge in [0.05, 0.1) is 19.1 Å². The SMILES string of the molecule is CC(C)(O/N=C(\C(=O)N[C@@H]1C(=O)N(S(=O)(=O)O)[C@@H]1Cn1nnnc1CN)c1csc(N)n1)C(=O)O. The number of thiazole rings is 1. The van der Waals surface area contributed by atoms with E-state index in [4.69, 9.17) is 16.3 Å². The molecule has 2 atom stereocenters. The van der Waals surface area contributed by atoms with Gasteiger partial charge in [-0.2, -0.15) is 8.42 Å². The molecule has 3 heterocycles. The number of carbonyl (C=O) groups is 3. The molecule has 1 fully saturated rings. The van der Waals surface area contributed by atoms with Gasteiger partial charge in [-0.15, -0.1) is 16.4 Å². The number of aliphatic carboxylic acids is 1. The third-order valence-corrected chi connectivity index (χ3v) is 6.33. The third-order valence-electron chi connectivity index (χ3n) is 4.71. The lowest BCUT2D eigenvalue weighted by Gasteiger charge is -2.43. The Morgan fingerprint density at radius 3 is 2.63 bits per heavy atom. The van der Waals surface area contributed by atoms with Gasteiger partial charge in [-0.1, -0.05) is 5.16 Å². The van der Waals surface area contributed by atoms with E-state index in [9.17, 15) is 32.5 Å². The van der Waals surface area contributed by atoms with Crippen LogP contribution in [0.4, 0.5) is 5.13 Å². The number of nitrogens with one attached hydrogen (secondary N) is 1. The molecule has 20 heteroatoms. The second-order valence-corrected chi connectivity index (χ2v) is 9.71. The minimum Gasteiger partial charge on any atom is -0.478 e. The van der Waals surface area contributed by atoms with Crippen LogP contribution < -0.4 is 16.8 Å². The van der Waals surface area contributed by atoms with Crippen LogP contribution in [0.5, 0.6) is 0 Å². The molecule has 0 unspecified atom stereocenters. The van der Waals surface area contributed by atoms with Crippen molar-refractivity contribution in [1.29, 1.82) is 0 Å². The van der Waals surface area contributed by atoms with Gasteiger partial charge in [-0.05, 0) is 24.3 Å². The lowest BCUT2D eigenvalue weighted by molar-refractivity contribution is -0.161. The molecule has 1 saturated heterocycles. The number of carbonyl (C=O) groups excluding carboxylic acids is 2. The number of β-lactam (4-membered cyclic amide) rings is 1. The molecule has 2 aromatic heterocycles. The molecule has 3 rings (SSSR count). The van der Waals surface area contributed by atoms with Crippen LogP contribution in [0.15, 0.2) is 10.5 Å². The molecule has 7 N–H and O–H groups in total. The molecule has 1 aliphatic heterocycles. The van der Waals surface area contributed by atoms with Crippen molar-refractivity contribution in [2.45, 2.75) is 44.6 Å². The fourth-order valence-corrected chi connectivity index (χ4v) is 4.26. The number of carboxylic acid groups (broad SMARTS) is 1. The van der Waals surface area contributed by atoms with Gasteiger partial charge in [0.25, 0.3) is 11.8 Å². The predicted molar refractivity (Wildman–Crippen MR) is 116 cm³/mol. The molecule has 18 nitrogen and oxygen atoms in total. The van der Waals surface area contributed by atoms with Crippen molar-refractivity contribution in [2.75, 3.05) is 5.73 Å². The van der Waals surface area contributed by atoms with Gasteiger partial charge in [-0.25, -0.2) is 18.8 Å². The summed E-state index contributed by atoms with van der Waals surface area (Å²) in [5, 5.41) is 27.2. The van der Waals surface area contributed by atoms with Crippen LogP contribution in [0.25, 0.3) is 0 Å². The smallest absolute Gasteiger partial charge is 0.362 e. The van der Waals surface area contributed by atoms with Crippen molar-refractivity contribution in [3.05, 3.63) is 16.9 Å². The molecule has 0 aliphatic carbocycles. The molecule has 0 bridgehead atoms. The number of aromatic nitrogens is 5. The number of rotatable bonds is 10. The van der Waals surface area contributed by atoms with E-state index in [0.717, 1.165) is 16.0 Å². The predicted octanol–water partition coefficient (Wildman–Crippen LogP) is -3.05. The molecule has 35 heavy (non-hydrogen) atoms. The number of hydrogen-bond donors (Lipinski definition) is 5. The summed E-state index contributed by atoms with van der Waals surface area (Å²) < 4.78 is 34.2. The highest BCUT2D eigenvalue weighted by molar-refractivity contribution is 7.84. The number of carboxylic acids is 1. The van der Waals surface area contributed by atoms with Gasteiger partial charge < -0.3 is 26.7 Å². The van der Waals surface area contributed by atoms with E-state index in [-0.39, 0.29) is 34.0 Å². The van der Waals surface area contributed by atoms with Crippen LogP contribution in [0, 0.1) is 0 Å². The van der Waals surface area contributed by atoms with Crippen molar-refractivity contribution in [1.82, 2.24) is 34.8 Å². The molecule has 190 valence electrons. The quantitative estimate of drug-likeness (QED) is 0.0880. The first-order chi connectivity index (χ1) is 16.3. The average Bonchev–Trinajstić information content (AvgIpc) is 3.39. The van der Waals surface area contributed by atoms with Crippen LogP contribution in [0.3, 0.4) is 0 Å². The topological polar surface area (TPSA) is 271 Å². The Morgan fingerprint density at radius 1 is 1.40 bits per heavy atom. The maximum absolute atomic E-state index is 13.0. The molecule has 0 spiro atoms. The Balaban J connectivity index is 1.90. The number of nitrogens with zero attached hydrogens (tertiary/aromatic N) is 7. The second kappa shape index (κ2) is 9.48. The first-order valence-corrected chi connectivity index (χ1v) is 11.8. The standard InChI is InChI=1S/C15H20N10O8S2/c1-15(2,13(28)29)33-21-9(6-5-34-14(17)18-6)11(26)19-10-7(25(12(10)27)35(30,31)32)4-24-8(3-16)20-22-23-24/h5,7,10H,3-4,16H2,1-2H3,(H2,17,18)(H,19,26)(H,28,29)(H,30,31,32)/b21-9-/t7-,10+/m1/s1. The zero-order valence-corrected chi connectivity index (χ0v) is 19.7. The van der Waals surface area contributed by atoms with Crippen LogP contribution in [-0.2, 0) is 42.6 Å². The van der Waals surface area contributed by atoms with E-state index < -0.39 is 51.5 Å². The largest absolute Gasteiger partial charge is 0.478 e. The van der Waals surface area contributed by atoms with Gasteiger partial charge in [-0.3, -0.25) is 14.1 Å². The van der Waals surface area contributed by atoms with E-state index in [1.54, 1.807) is 0 Å². The summed E-state index contributed by atoms with van der Waals surface area (Å²) in [6.07, 6.45) is 0. The van der Waals surface area contributed by atoms with Crippen molar-refractivity contribution in [3.8, 4) is 0 Å². The van der Waals surface area contributed by atoms with Gasteiger partial charge in [0, 0.05) is 5.38 Å². The van der Waals surface area contributed by atoms with Gasteiger partial charge >= 0.3 is 16.3 Å². The van der Waals surface area contributed by atoms with Crippen LogP contribution in [0.1, 0.15) is 25.4 Å². The number of amides is 2.